The molecule has 0 fully saturated rings. The van der Waals surface area contributed by atoms with Gasteiger partial charge in [-0.05, 0) is 29.8 Å². The number of benzene rings is 3. The second-order valence-electron chi connectivity index (χ2n) is 6.39. The van der Waals surface area contributed by atoms with Crippen LogP contribution in [0.3, 0.4) is 0 Å². The summed E-state index contributed by atoms with van der Waals surface area (Å²) in [5.74, 6) is -1.11. The molecule has 0 atom stereocenters. The van der Waals surface area contributed by atoms with Crippen LogP contribution in [0.15, 0.2) is 60.7 Å². The molecule has 0 aliphatic heterocycles. The Labute approximate surface area is 183 Å². The fourth-order valence-corrected chi connectivity index (χ4v) is 3.06. The lowest BCUT2D eigenvalue weighted by Gasteiger charge is -2.15. The molecule has 0 saturated carbocycles. The van der Waals surface area contributed by atoms with Gasteiger partial charge in [-0.1, -0.05) is 35.9 Å². The molecule has 0 bridgehead atoms. The van der Waals surface area contributed by atoms with Gasteiger partial charge in [0.1, 0.15) is 12.4 Å². The number of methoxy groups -OCH3 is 2. The zero-order chi connectivity index (χ0) is 22.4. The molecule has 1 N–H and O–H groups in total. The predicted molar refractivity (Wildman–Crippen MR) is 114 cm³/mol. The number of halogens is 2. The Morgan fingerprint density at radius 1 is 0.935 bits per heavy atom. The predicted octanol–water partition coefficient (Wildman–Crippen LogP) is 5.11. The summed E-state index contributed by atoms with van der Waals surface area (Å²) in [4.78, 5) is 25.5. The standard InChI is InChI=1S/C23H19ClFNO5/c1-29-20-11-17(23(28)31-13-14-6-5-7-15(25)10-14)19(12-21(20)30-2)26-22(27)16-8-3-4-9-18(16)24/h3-12H,13H2,1-2H3,(H,26,27). The van der Waals surface area contributed by atoms with Crippen molar-refractivity contribution in [2.75, 3.05) is 19.5 Å². The van der Waals surface area contributed by atoms with Gasteiger partial charge in [0.15, 0.2) is 11.5 Å². The van der Waals surface area contributed by atoms with Crippen molar-refractivity contribution in [1.82, 2.24) is 0 Å². The van der Waals surface area contributed by atoms with Crippen LogP contribution in [0.2, 0.25) is 5.02 Å². The van der Waals surface area contributed by atoms with E-state index in [1.165, 1.54) is 44.6 Å². The summed E-state index contributed by atoms with van der Waals surface area (Å²) < 4.78 is 29.2. The summed E-state index contributed by atoms with van der Waals surface area (Å²) >= 11 is 6.10. The van der Waals surface area contributed by atoms with Crippen LogP contribution < -0.4 is 14.8 Å². The third-order valence-corrected chi connectivity index (χ3v) is 4.70. The Bertz CT molecular complexity index is 1120. The largest absolute Gasteiger partial charge is 0.493 e. The van der Waals surface area contributed by atoms with Crippen molar-refractivity contribution in [2.45, 2.75) is 6.61 Å². The van der Waals surface area contributed by atoms with Gasteiger partial charge < -0.3 is 19.5 Å². The molecule has 160 valence electrons. The van der Waals surface area contributed by atoms with E-state index in [1.807, 2.05) is 0 Å². The van der Waals surface area contributed by atoms with Crippen molar-refractivity contribution < 1.29 is 28.2 Å². The van der Waals surface area contributed by atoms with Gasteiger partial charge in [0.05, 0.1) is 36.1 Å². The molecule has 3 aromatic carbocycles. The maximum atomic E-state index is 13.4. The number of esters is 1. The van der Waals surface area contributed by atoms with Crippen molar-refractivity contribution >= 4 is 29.2 Å². The van der Waals surface area contributed by atoms with E-state index >= 15 is 0 Å². The number of ether oxygens (including phenoxy) is 3. The lowest BCUT2D eigenvalue weighted by atomic mass is 10.1. The number of hydrogen-bond acceptors (Lipinski definition) is 5. The SMILES string of the molecule is COc1cc(NC(=O)c2ccccc2Cl)c(C(=O)OCc2cccc(F)c2)cc1OC. The second-order valence-corrected chi connectivity index (χ2v) is 6.80. The molecule has 0 aliphatic carbocycles. The van der Waals surface area contributed by atoms with Crippen molar-refractivity contribution in [3.8, 4) is 11.5 Å². The Kier molecular flexibility index (Phi) is 7.10. The number of nitrogens with one attached hydrogen (secondary N) is 1. The number of carbonyl (C=O) groups is 2. The zero-order valence-corrected chi connectivity index (χ0v) is 17.5. The first kappa shape index (κ1) is 22.1. The molecule has 0 saturated heterocycles. The van der Waals surface area contributed by atoms with Crippen LogP contribution in [0, 0.1) is 5.82 Å². The van der Waals surface area contributed by atoms with Crippen LogP contribution >= 0.6 is 11.6 Å². The second kappa shape index (κ2) is 9.95. The van der Waals surface area contributed by atoms with E-state index < -0.39 is 17.7 Å². The minimum absolute atomic E-state index is 0.0365. The summed E-state index contributed by atoms with van der Waals surface area (Å²) in [6, 6.07) is 15.1. The summed E-state index contributed by atoms with van der Waals surface area (Å²) in [5.41, 5.74) is 0.898. The Hall–Kier alpha value is -3.58. The molecule has 0 aromatic heterocycles. The van der Waals surface area contributed by atoms with E-state index in [1.54, 1.807) is 30.3 Å². The fourth-order valence-electron chi connectivity index (χ4n) is 2.84. The zero-order valence-electron chi connectivity index (χ0n) is 16.8. The highest BCUT2D eigenvalue weighted by Crippen LogP contribution is 2.34. The highest BCUT2D eigenvalue weighted by Gasteiger charge is 2.21. The molecule has 0 aliphatic rings. The van der Waals surface area contributed by atoms with Gasteiger partial charge in [-0.25, -0.2) is 9.18 Å². The molecular weight excluding hydrogens is 425 g/mol. The first-order valence-corrected chi connectivity index (χ1v) is 9.54. The van der Waals surface area contributed by atoms with E-state index in [0.29, 0.717) is 11.3 Å². The number of anilines is 1. The summed E-state index contributed by atoms with van der Waals surface area (Å²) in [6.45, 7) is -0.150. The lowest BCUT2D eigenvalue weighted by Crippen LogP contribution is -2.17. The van der Waals surface area contributed by atoms with Crippen LogP contribution in [0.4, 0.5) is 10.1 Å². The minimum Gasteiger partial charge on any atom is -0.493 e. The van der Waals surface area contributed by atoms with E-state index in [4.69, 9.17) is 25.8 Å². The maximum absolute atomic E-state index is 13.4. The van der Waals surface area contributed by atoms with E-state index in [9.17, 15) is 14.0 Å². The van der Waals surface area contributed by atoms with Gasteiger partial charge in [-0.2, -0.15) is 0 Å². The quantitative estimate of drug-likeness (QED) is 0.514. The number of amides is 1. The molecule has 1 amide bonds. The average Bonchev–Trinajstić information content (AvgIpc) is 2.77. The van der Waals surface area contributed by atoms with Gasteiger partial charge in [0, 0.05) is 12.1 Å². The topological polar surface area (TPSA) is 73.9 Å². The fraction of sp³-hybridized carbons (Fsp3) is 0.130. The van der Waals surface area contributed by atoms with Crippen molar-refractivity contribution in [1.29, 1.82) is 0 Å². The monoisotopic (exact) mass is 443 g/mol. The van der Waals surface area contributed by atoms with Gasteiger partial charge in [0.2, 0.25) is 0 Å². The van der Waals surface area contributed by atoms with Crippen LogP contribution in [-0.4, -0.2) is 26.1 Å². The van der Waals surface area contributed by atoms with Gasteiger partial charge >= 0.3 is 5.97 Å². The summed E-state index contributed by atoms with van der Waals surface area (Å²) in [6.07, 6.45) is 0. The van der Waals surface area contributed by atoms with Crippen molar-refractivity contribution in [3.63, 3.8) is 0 Å². The average molecular weight is 444 g/mol. The normalized spacial score (nSPS) is 10.3. The first-order chi connectivity index (χ1) is 14.9. The lowest BCUT2D eigenvalue weighted by molar-refractivity contribution is 0.0473. The molecule has 8 heteroatoms. The summed E-state index contributed by atoms with van der Waals surface area (Å²) in [7, 11) is 2.85. The highest BCUT2D eigenvalue weighted by atomic mass is 35.5. The molecule has 6 nitrogen and oxygen atoms in total. The summed E-state index contributed by atoms with van der Waals surface area (Å²) in [5, 5.41) is 2.92. The first-order valence-electron chi connectivity index (χ1n) is 9.16. The third kappa shape index (κ3) is 5.32. The molecule has 0 heterocycles. The van der Waals surface area contributed by atoms with Crippen LogP contribution in [0.1, 0.15) is 26.3 Å². The molecule has 31 heavy (non-hydrogen) atoms. The van der Waals surface area contributed by atoms with Crippen LogP contribution in [-0.2, 0) is 11.3 Å². The molecule has 3 aromatic rings. The van der Waals surface area contributed by atoms with Gasteiger partial charge in [0.25, 0.3) is 5.91 Å². The molecule has 3 rings (SSSR count). The Balaban J connectivity index is 1.91. The van der Waals surface area contributed by atoms with Gasteiger partial charge in [-0.3, -0.25) is 4.79 Å². The Morgan fingerprint density at radius 2 is 1.65 bits per heavy atom. The molecule has 0 spiro atoms. The van der Waals surface area contributed by atoms with Crippen LogP contribution in [0.25, 0.3) is 0 Å². The van der Waals surface area contributed by atoms with Crippen molar-refractivity contribution in [3.05, 3.63) is 88.2 Å². The minimum atomic E-state index is -0.736. The number of hydrogen-bond donors (Lipinski definition) is 1. The number of carbonyl (C=O) groups excluding carboxylic acids is 2. The maximum Gasteiger partial charge on any atom is 0.340 e. The van der Waals surface area contributed by atoms with E-state index in [2.05, 4.69) is 5.32 Å². The number of rotatable bonds is 7. The van der Waals surface area contributed by atoms with Crippen LogP contribution in [0.5, 0.6) is 11.5 Å². The highest BCUT2D eigenvalue weighted by molar-refractivity contribution is 6.34. The van der Waals surface area contributed by atoms with E-state index in [0.717, 1.165) is 0 Å². The van der Waals surface area contributed by atoms with Gasteiger partial charge in [-0.15, -0.1) is 0 Å². The molecule has 0 radical (unpaired) electrons. The van der Waals surface area contributed by atoms with E-state index in [-0.39, 0.29) is 34.2 Å². The third-order valence-electron chi connectivity index (χ3n) is 4.37. The van der Waals surface area contributed by atoms with Crippen molar-refractivity contribution in [2.24, 2.45) is 0 Å². The Morgan fingerprint density at radius 3 is 2.32 bits per heavy atom. The molecule has 0 unspecified atom stereocenters. The smallest absolute Gasteiger partial charge is 0.340 e. The molecular formula is C23H19ClFNO5.